The molecule has 2 amide bonds. The van der Waals surface area contributed by atoms with Crippen molar-refractivity contribution < 1.29 is 23.1 Å². The highest BCUT2D eigenvalue weighted by Gasteiger charge is 2.62. The van der Waals surface area contributed by atoms with Gasteiger partial charge < -0.3 is 20.3 Å². The lowest BCUT2D eigenvalue weighted by molar-refractivity contribution is -0.154. The summed E-state index contributed by atoms with van der Waals surface area (Å²) in [6.45, 7) is 7.34. The van der Waals surface area contributed by atoms with Gasteiger partial charge in [-0.05, 0) is 25.5 Å². The minimum Gasteiger partial charge on any atom is -0.372 e. The van der Waals surface area contributed by atoms with Crippen LogP contribution >= 0.6 is 11.3 Å². The first-order valence-corrected chi connectivity index (χ1v) is 10.6. The van der Waals surface area contributed by atoms with Gasteiger partial charge in [-0.1, -0.05) is 17.9 Å². The third-order valence-electron chi connectivity index (χ3n) is 6.13. The molecular weight excluding hydrogens is 428 g/mol. The molecule has 11 heteroatoms. The molecule has 3 atom stereocenters. The summed E-state index contributed by atoms with van der Waals surface area (Å²) in [5, 5.41) is 13.0. The van der Waals surface area contributed by atoms with Crippen molar-refractivity contribution in [1.29, 1.82) is 0 Å². The standard InChI is InChI=1S/C20H19F2N5O3S/c1-8-6-27-15-11(4-12(13(21)14(15)22)17-26-23-7-31-17)5-20(16(27)9(2)30-8)18(28)24-10(3)25-19(20)29/h4,7-9,16H,3,5-6H2,1-2H3,(H,24,28)(H,25,29)/t8?,9?,16-/m0/s1. The van der Waals surface area contributed by atoms with Gasteiger partial charge in [0.1, 0.15) is 11.3 Å². The van der Waals surface area contributed by atoms with Crippen molar-refractivity contribution in [2.75, 3.05) is 11.4 Å². The molecule has 0 aliphatic carbocycles. The summed E-state index contributed by atoms with van der Waals surface area (Å²) in [5.74, 6) is -3.09. The summed E-state index contributed by atoms with van der Waals surface area (Å²) >= 11 is 1.07. The molecule has 2 unspecified atom stereocenters. The molecule has 2 fully saturated rings. The van der Waals surface area contributed by atoms with E-state index >= 15 is 8.78 Å². The van der Waals surface area contributed by atoms with Crippen LogP contribution in [0.1, 0.15) is 19.4 Å². The van der Waals surface area contributed by atoms with Crippen molar-refractivity contribution in [3.63, 3.8) is 0 Å². The predicted molar refractivity (Wildman–Crippen MR) is 108 cm³/mol. The second kappa shape index (κ2) is 6.79. The van der Waals surface area contributed by atoms with Crippen molar-refractivity contribution in [1.82, 2.24) is 20.8 Å². The molecule has 3 aliphatic rings. The number of benzene rings is 1. The Labute approximate surface area is 180 Å². The number of rotatable bonds is 1. The van der Waals surface area contributed by atoms with Crippen LogP contribution < -0.4 is 15.5 Å². The molecule has 2 saturated heterocycles. The Morgan fingerprint density at radius 1 is 1.26 bits per heavy atom. The smallest absolute Gasteiger partial charge is 0.243 e. The molecule has 0 bridgehead atoms. The minimum atomic E-state index is -1.60. The Hall–Kier alpha value is -2.92. The zero-order valence-electron chi connectivity index (χ0n) is 16.7. The lowest BCUT2D eigenvalue weighted by Gasteiger charge is -2.55. The lowest BCUT2D eigenvalue weighted by Crippen LogP contribution is -2.74. The zero-order chi connectivity index (χ0) is 22.1. The van der Waals surface area contributed by atoms with Crippen LogP contribution in [0, 0.1) is 17.0 Å². The van der Waals surface area contributed by atoms with Gasteiger partial charge in [0.05, 0.1) is 29.5 Å². The number of halogens is 2. The first kappa shape index (κ1) is 20.0. The number of nitrogens with one attached hydrogen (secondary N) is 2. The number of hydrogen-bond acceptors (Lipinski definition) is 7. The van der Waals surface area contributed by atoms with Gasteiger partial charge in [0, 0.05) is 13.0 Å². The van der Waals surface area contributed by atoms with E-state index in [0.29, 0.717) is 5.56 Å². The number of hydrogen-bond donors (Lipinski definition) is 2. The maximum absolute atomic E-state index is 15.5. The van der Waals surface area contributed by atoms with Gasteiger partial charge in [0.25, 0.3) is 0 Å². The number of anilines is 1. The van der Waals surface area contributed by atoms with Gasteiger partial charge in [-0.3, -0.25) is 9.59 Å². The van der Waals surface area contributed by atoms with Crippen LogP contribution in [0.2, 0.25) is 0 Å². The fourth-order valence-electron chi connectivity index (χ4n) is 5.05. The van der Waals surface area contributed by atoms with Gasteiger partial charge in [-0.2, -0.15) is 0 Å². The number of morpholine rings is 1. The molecular formula is C20H19F2N5O3S. The molecule has 162 valence electrons. The third-order valence-corrected chi connectivity index (χ3v) is 6.86. The van der Waals surface area contributed by atoms with E-state index in [2.05, 4.69) is 27.4 Å². The van der Waals surface area contributed by atoms with Crippen LogP contribution in [0.5, 0.6) is 0 Å². The zero-order valence-corrected chi connectivity index (χ0v) is 17.6. The fourth-order valence-corrected chi connectivity index (χ4v) is 5.61. The van der Waals surface area contributed by atoms with Crippen molar-refractivity contribution in [3.05, 3.63) is 41.2 Å². The van der Waals surface area contributed by atoms with Crippen molar-refractivity contribution >= 4 is 28.8 Å². The van der Waals surface area contributed by atoms with Gasteiger partial charge in [0.2, 0.25) is 11.8 Å². The average Bonchev–Trinajstić information content (AvgIpc) is 3.22. The van der Waals surface area contributed by atoms with E-state index in [-0.39, 0.29) is 41.1 Å². The topological polar surface area (TPSA) is 96.5 Å². The van der Waals surface area contributed by atoms with Crippen LogP contribution in [-0.2, 0) is 20.7 Å². The summed E-state index contributed by atoms with van der Waals surface area (Å²) in [7, 11) is 0. The Kier molecular flexibility index (Phi) is 4.38. The second-order valence-corrected chi connectivity index (χ2v) is 8.92. The average molecular weight is 447 g/mol. The van der Waals surface area contributed by atoms with Crippen LogP contribution in [-0.4, -0.2) is 46.8 Å². The van der Waals surface area contributed by atoms with Gasteiger partial charge in [-0.15, -0.1) is 10.2 Å². The quantitative estimate of drug-likeness (QED) is 0.647. The monoisotopic (exact) mass is 447 g/mol. The molecule has 4 heterocycles. The second-order valence-electron chi connectivity index (χ2n) is 8.09. The summed E-state index contributed by atoms with van der Waals surface area (Å²) in [5.41, 5.74) is 0.162. The highest BCUT2D eigenvalue weighted by Crippen LogP contribution is 2.49. The molecule has 8 nitrogen and oxygen atoms in total. The van der Waals surface area contributed by atoms with Crippen LogP contribution in [0.3, 0.4) is 0 Å². The summed E-state index contributed by atoms with van der Waals surface area (Å²) in [4.78, 5) is 28.1. The van der Waals surface area contributed by atoms with Gasteiger partial charge in [-0.25, -0.2) is 8.78 Å². The van der Waals surface area contributed by atoms with E-state index in [0.717, 1.165) is 11.3 Å². The van der Waals surface area contributed by atoms with Crippen LogP contribution in [0.4, 0.5) is 14.5 Å². The Morgan fingerprint density at radius 3 is 2.61 bits per heavy atom. The minimum absolute atomic E-state index is 0.0494. The maximum atomic E-state index is 15.5. The number of nitrogens with zero attached hydrogens (tertiary/aromatic N) is 3. The molecule has 0 saturated carbocycles. The van der Waals surface area contributed by atoms with E-state index < -0.39 is 41.0 Å². The first-order chi connectivity index (χ1) is 14.7. The maximum Gasteiger partial charge on any atom is 0.243 e. The van der Waals surface area contributed by atoms with Crippen molar-refractivity contribution in [2.45, 2.75) is 38.5 Å². The Morgan fingerprint density at radius 2 is 1.97 bits per heavy atom. The van der Waals surface area contributed by atoms with Crippen LogP contribution in [0.25, 0.3) is 10.6 Å². The largest absolute Gasteiger partial charge is 0.372 e. The molecule has 1 aromatic heterocycles. The molecule has 2 aromatic rings. The third kappa shape index (κ3) is 2.72. The number of fused-ring (bicyclic) bond motifs is 4. The van der Waals surface area contributed by atoms with E-state index in [1.54, 1.807) is 18.7 Å². The lowest BCUT2D eigenvalue weighted by atomic mass is 9.66. The number of carbonyl (C=O) groups is 2. The van der Waals surface area contributed by atoms with Crippen LogP contribution in [0.15, 0.2) is 24.0 Å². The number of ether oxygens (including phenoxy) is 1. The summed E-state index contributed by atoms with van der Waals surface area (Å²) in [6, 6.07) is 0.631. The van der Waals surface area contributed by atoms with E-state index in [4.69, 9.17) is 4.74 Å². The van der Waals surface area contributed by atoms with Crippen molar-refractivity contribution in [2.24, 2.45) is 5.41 Å². The normalized spacial score (nSPS) is 26.9. The summed E-state index contributed by atoms with van der Waals surface area (Å²) < 4.78 is 36.5. The molecule has 2 N–H and O–H groups in total. The predicted octanol–water partition coefficient (Wildman–Crippen LogP) is 1.73. The summed E-state index contributed by atoms with van der Waals surface area (Å²) in [6.07, 6.45) is -1.03. The Bertz CT molecular complexity index is 1100. The molecule has 3 aliphatic heterocycles. The fraction of sp³-hybridized carbons (Fsp3) is 0.400. The number of carbonyl (C=O) groups excluding carboxylic acids is 2. The highest BCUT2D eigenvalue weighted by molar-refractivity contribution is 7.12. The van der Waals surface area contributed by atoms with E-state index in [1.165, 1.54) is 11.6 Å². The van der Waals surface area contributed by atoms with Crippen molar-refractivity contribution in [3.8, 4) is 10.6 Å². The SMILES string of the molecule is C=C1NC(=O)C2(Cc3cc(-c4nncs4)c(F)c(F)c3N3CC(C)OC(C)[C@H]32)C(=O)N1. The number of aromatic nitrogens is 2. The highest BCUT2D eigenvalue weighted by atomic mass is 32.1. The molecule has 0 radical (unpaired) electrons. The Balaban J connectivity index is 1.76. The molecule has 1 aromatic carbocycles. The number of amides is 2. The molecule has 31 heavy (non-hydrogen) atoms. The van der Waals surface area contributed by atoms with E-state index in [9.17, 15) is 9.59 Å². The molecule has 5 rings (SSSR count). The first-order valence-electron chi connectivity index (χ1n) is 9.75. The molecule has 1 spiro atoms. The van der Waals surface area contributed by atoms with Gasteiger partial charge in [0.15, 0.2) is 22.1 Å². The van der Waals surface area contributed by atoms with Gasteiger partial charge >= 0.3 is 0 Å². The van der Waals surface area contributed by atoms with E-state index in [1.807, 2.05) is 0 Å².